The predicted molar refractivity (Wildman–Crippen MR) is 150 cm³/mol. The first-order chi connectivity index (χ1) is 16.3. The van der Waals surface area contributed by atoms with E-state index in [1.807, 2.05) is 34.6 Å². The van der Waals surface area contributed by atoms with E-state index in [1.165, 1.54) is 70.6 Å². The fraction of sp³-hybridized carbons (Fsp3) is 0.897. The van der Waals surface area contributed by atoms with Gasteiger partial charge in [0.2, 0.25) is 8.32 Å². The minimum Gasteiger partial charge on any atom is -0.546 e. The number of hydrogen-bond acceptors (Lipinski definition) is 4. The monoisotopic (exact) mass is 511 g/mol. The van der Waals surface area contributed by atoms with Crippen LogP contribution in [0.15, 0.2) is 11.8 Å². The number of rotatable bonds is 16. The fourth-order valence-corrected chi connectivity index (χ4v) is 5.43. The summed E-state index contributed by atoms with van der Waals surface area (Å²) in [5.74, 6) is 0.878. The number of nitrogens with zero attached hydrogens (tertiary/aromatic N) is 1. The molecule has 1 rings (SSSR count). The van der Waals surface area contributed by atoms with Crippen molar-refractivity contribution >= 4 is 14.4 Å². The van der Waals surface area contributed by atoms with Crippen molar-refractivity contribution in [3.05, 3.63) is 11.8 Å². The lowest BCUT2D eigenvalue weighted by Crippen LogP contribution is -2.51. The Bertz CT molecular complexity index is 634. The molecule has 1 heterocycles. The average Bonchev–Trinajstić information content (AvgIpc) is 3.03. The Morgan fingerprint density at radius 1 is 0.943 bits per heavy atom. The summed E-state index contributed by atoms with van der Waals surface area (Å²) in [6.07, 6.45) is 19.0. The molecule has 0 aromatic heterocycles. The topological polar surface area (TPSA) is 48.0 Å². The Kier molecular flexibility index (Phi) is 14.0. The van der Waals surface area contributed by atoms with Gasteiger partial charge in [-0.3, -0.25) is 4.90 Å². The lowest BCUT2D eigenvalue weighted by atomic mass is 10.0. The van der Waals surface area contributed by atoms with Crippen LogP contribution in [0.2, 0.25) is 19.6 Å². The Morgan fingerprint density at radius 3 is 1.89 bits per heavy atom. The van der Waals surface area contributed by atoms with Crippen molar-refractivity contribution in [3.8, 4) is 0 Å². The van der Waals surface area contributed by atoms with E-state index in [4.69, 9.17) is 13.9 Å². The van der Waals surface area contributed by atoms with Gasteiger partial charge in [-0.05, 0) is 73.2 Å². The summed E-state index contributed by atoms with van der Waals surface area (Å²) >= 11 is 0. The molecule has 0 unspecified atom stereocenters. The van der Waals surface area contributed by atoms with Crippen molar-refractivity contribution in [2.75, 3.05) is 6.61 Å². The second kappa shape index (κ2) is 15.3. The van der Waals surface area contributed by atoms with Gasteiger partial charge in [0.25, 0.3) is 0 Å². The minimum absolute atomic E-state index is 0.246. The van der Waals surface area contributed by atoms with Gasteiger partial charge >= 0.3 is 6.09 Å². The average molecular weight is 512 g/mol. The third kappa shape index (κ3) is 13.8. The molecule has 0 aliphatic carbocycles. The van der Waals surface area contributed by atoms with E-state index in [0.29, 0.717) is 6.61 Å². The molecule has 0 bridgehead atoms. The van der Waals surface area contributed by atoms with Crippen LogP contribution >= 0.6 is 0 Å². The second-order valence-electron chi connectivity index (χ2n) is 12.6. The standard InChI is InChI=1S/C29H57NO4Si/c1-10-11-12-13-14-15-16-17-18-19-20-21-22-23-26(34-35(7,8)9)25-24-32-29(5,6)30(25)27(31)33-28(2,3)4/h23,25H,10-22,24H2,1-9H3/b26-23-/t25-/m0/s1. The highest BCUT2D eigenvalue weighted by atomic mass is 28.4. The molecule has 1 aliphatic rings. The van der Waals surface area contributed by atoms with Crippen LogP contribution in [0.25, 0.3) is 0 Å². The molecule has 0 aromatic rings. The van der Waals surface area contributed by atoms with Gasteiger partial charge in [-0.1, -0.05) is 77.6 Å². The summed E-state index contributed by atoms with van der Waals surface area (Å²) in [4.78, 5) is 14.8. The lowest BCUT2D eigenvalue weighted by molar-refractivity contribution is -0.0622. The molecule has 206 valence electrons. The zero-order valence-corrected chi connectivity index (χ0v) is 25.6. The maximum absolute atomic E-state index is 13.1. The molecule has 1 saturated heterocycles. The third-order valence-corrected chi connectivity index (χ3v) is 7.08. The third-order valence-electron chi connectivity index (χ3n) is 6.23. The van der Waals surface area contributed by atoms with Gasteiger partial charge in [-0.25, -0.2) is 4.79 Å². The van der Waals surface area contributed by atoms with E-state index in [0.717, 1.165) is 18.6 Å². The lowest BCUT2D eigenvalue weighted by Gasteiger charge is -2.37. The van der Waals surface area contributed by atoms with Crippen molar-refractivity contribution in [3.63, 3.8) is 0 Å². The summed E-state index contributed by atoms with van der Waals surface area (Å²) in [6.45, 7) is 18.8. The zero-order valence-electron chi connectivity index (χ0n) is 24.6. The number of amides is 1. The van der Waals surface area contributed by atoms with E-state index >= 15 is 0 Å². The van der Waals surface area contributed by atoms with Crippen molar-refractivity contribution in [1.29, 1.82) is 0 Å². The van der Waals surface area contributed by atoms with E-state index in [-0.39, 0.29) is 12.1 Å². The van der Waals surface area contributed by atoms with Gasteiger partial charge in [-0.2, -0.15) is 0 Å². The van der Waals surface area contributed by atoms with E-state index in [2.05, 4.69) is 32.6 Å². The normalized spacial score (nSPS) is 18.7. The van der Waals surface area contributed by atoms with Crippen LogP contribution in [0.5, 0.6) is 0 Å². The molecular formula is C29H57NO4Si. The molecule has 1 fully saturated rings. The summed E-state index contributed by atoms with van der Waals surface area (Å²) in [7, 11) is -1.85. The van der Waals surface area contributed by atoms with Gasteiger partial charge in [0.1, 0.15) is 23.1 Å². The van der Waals surface area contributed by atoms with E-state index in [9.17, 15) is 4.79 Å². The highest BCUT2D eigenvalue weighted by molar-refractivity contribution is 6.70. The van der Waals surface area contributed by atoms with Gasteiger partial charge in [0, 0.05) is 0 Å². The molecule has 0 aromatic carbocycles. The quantitative estimate of drug-likeness (QED) is 0.118. The number of carbonyl (C=O) groups excluding carboxylic acids is 1. The first-order valence-corrected chi connectivity index (χ1v) is 17.7. The Labute approximate surface area is 218 Å². The fourth-order valence-electron chi connectivity index (χ4n) is 4.50. The Balaban J connectivity index is 2.57. The maximum Gasteiger partial charge on any atom is 0.413 e. The number of ether oxygens (including phenoxy) is 2. The molecule has 35 heavy (non-hydrogen) atoms. The molecule has 6 heteroatoms. The molecule has 1 atom stereocenters. The van der Waals surface area contributed by atoms with Crippen LogP contribution in [-0.4, -0.2) is 43.3 Å². The molecule has 0 spiro atoms. The number of hydrogen-bond donors (Lipinski definition) is 0. The van der Waals surface area contributed by atoms with Crippen molar-refractivity contribution in [2.24, 2.45) is 0 Å². The number of unbranched alkanes of at least 4 members (excludes halogenated alkanes) is 12. The van der Waals surface area contributed by atoms with Gasteiger partial charge in [-0.15, -0.1) is 0 Å². The highest BCUT2D eigenvalue weighted by Gasteiger charge is 2.48. The Morgan fingerprint density at radius 2 is 1.43 bits per heavy atom. The first kappa shape index (κ1) is 32.0. The number of allylic oxidation sites excluding steroid dienone is 1. The highest BCUT2D eigenvalue weighted by Crippen LogP contribution is 2.34. The molecule has 0 saturated carbocycles. The minimum atomic E-state index is -1.85. The van der Waals surface area contributed by atoms with Gasteiger partial charge < -0.3 is 13.9 Å². The molecular weight excluding hydrogens is 454 g/mol. The SMILES string of the molecule is CCCCCCCCCCCCCC/C=C(\O[Si](C)(C)C)[C@@H]1COC(C)(C)N1C(=O)OC(C)(C)C. The van der Waals surface area contributed by atoms with Gasteiger partial charge in [0.15, 0.2) is 0 Å². The maximum atomic E-state index is 13.1. The van der Waals surface area contributed by atoms with Crippen LogP contribution in [0.3, 0.4) is 0 Å². The zero-order chi connectivity index (χ0) is 26.5. The summed E-state index contributed by atoms with van der Waals surface area (Å²) in [6, 6.07) is -0.246. The van der Waals surface area contributed by atoms with Crippen molar-refractivity contribution in [2.45, 2.75) is 162 Å². The number of carbonyl (C=O) groups is 1. The van der Waals surface area contributed by atoms with Crippen molar-refractivity contribution in [1.82, 2.24) is 4.90 Å². The van der Waals surface area contributed by atoms with Crippen LogP contribution in [0.4, 0.5) is 4.79 Å². The summed E-state index contributed by atoms with van der Waals surface area (Å²) in [5, 5.41) is 0. The molecule has 0 radical (unpaired) electrons. The predicted octanol–water partition coefficient (Wildman–Crippen LogP) is 9.19. The van der Waals surface area contributed by atoms with Crippen LogP contribution in [0.1, 0.15) is 125 Å². The van der Waals surface area contributed by atoms with Crippen LogP contribution in [0, 0.1) is 0 Å². The van der Waals surface area contributed by atoms with Crippen molar-refractivity contribution < 1.29 is 18.7 Å². The molecule has 0 N–H and O–H groups in total. The Hall–Kier alpha value is -1.01. The van der Waals surface area contributed by atoms with E-state index in [1.54, 1.807) is 4.90 Å². The molecule has 1 aliphatic heterocycles. The largest absolute Gasteiger partial charge is 0.546 e. The van der Waals surface area contributed by atoms with E-state index < -0.39 is 19.6 Å². The second-order valence-corrected chi connectivity index (χ2v) is 17.1. The smallest absolute Gasteiger partial charge is 0.413 e. The summed E-state index contributed by atoms with van der Waals surface area (Å²) in [5.41, 5.74) is -1.29. The van der Waals surface area contributed by atoms with Crippen LogP contribution < -0.4 is 0 Å². The van der Waals surface area contributed by atoms with Gasteiger partial charge in [0.05, 0.1) is 6.61 Å². The molecule has 5 nitrogen and oxygen atoms in total. The summed E-state index contributed by atoms with van der Waals surface area (Å²) < 4.78 is 18.3. The first-order valence-electron chi connectivity index (χ1n) is 14.3. The van der Waals surface area contributed by atoms with Crippen LogP contribution in [-0.2, 0) is 13.9 Å². The molecule has 1 amide bonds.